The van der Waals surface area contributed by atoms with E-state index in [2.05, 4.69) is 5.10 Å². The molecule has 118 valence electrons. The number of thiophene rings is 1. The number of carbonyl (C=O) groups is 2. The minimum Gasteiger partial charge on any atom is -0.451 e. The van der Waals surface area contributed by atoms with Gasteiger partial charge >= 0.3 is 5.97 Å². The highest BCUT2D eigenvalue weighted by molar-refractivity contribution is 7.20. The number of aryl methyl sites for hydroxylation is 1. The molecule has 7 heteroatoms. The molecule has 0 radical (unpaired) electrons. The lowest BCUT2D eigenvalue weighted by Gasteiger charge is -2.02. The summed E-state index contributed by atoms with van der Waals surface area (Å²) in [7, 11) is 0. The largest absolute Gasteiger partial charge is 0.451 e. The predicted molar refractivity (Wildman–Crippen MR) is 87.4 cm³/mol. The summed E-state index contributed by atoms with van der Waals surface area (Å²) in [5.41, 5.74) is 6.96. The highest BCUT2D eigenvalue weighted by Crippen LogP contribution is 2.29. The van der Waals surface area contributed by atoms with Crippen molar-refractivity contribution in [3.8, 4) is 0 Å². The maximum atomic E-state index is 11.9. The minimum absolute atomic E-state index is 0.414. The molecular weight excluding hydrogens is 314 g/mol. The number of benzene rings is 1. The molecule has 23 heavy (non-hydrogen) atoms. The van der Waals surface area contributed by atoms with Crippen LogP contribution in [0.3, 0.4) is 0 Å². The fraction of sp³-hybridized carbons (Fsp3) is 0.188. The van der Waals surface area contributed by atoms with Crippen LogP contribution in [-0.2, 0) is 16.1 Å². The molecular formula is C16H15N3O3S. The van der Waals surface area contributed by atoms with E-state index in [9.17, 15) is 9.59 Å². The number of hydrogen-bond acceptors (Lipinski definition) is 5. The van der Waals surface area contributed by atoms with E-state index in [-0.39, 0.29) is 0 Å². The van der Waals surface area contributed by atoms with Crippen molar-refractivity contribution in [3.05, 3.63) is 52.5 Å². The molecule has 2 aromatic heterocycles. The summed E-state index contributed by atoms with van der Waals surface area (Å²) >= 11 is 1.30. The molecule has 0 aliphatic rings. The fourth-order valence-corrected chi connectivity index (χ4v) is 3.34. The maximum Gasteiger partial charge on any atom is 0.348 e. The third-order valence-corrected chi connectivity index (χ3v) is 4.46. The van der Waals surface area contributed by atoms with E-state index < -0.39 is 18.5 Å². The number of primary amides is 1. The monoisotopic (exact) mass is 329 g/mol. The van der Waals surface area contributed by atoms with E-state index >= 15 is 0 Å². The Hall–Kier alpha value is -2.67. The molecule has 0 aliphatic carbocycles. The number of aromatic nitrogens is 2. The topological polar surface area (TPSA) is 87.2 Å². The summed E-state index contributed by atoms with van der Waals surface area (Å²) in [4.78, 5) is 24.0. The quantitative estimate of drug-likeness (QED) is 0.726. The van der Waals surface area contributed by atoms with Crippen molar-refractivity contribution in [2.45, 2.75) is 13.5 Å². The van der Waals surface area contributed by atoms with Crippen molar-refractivity contribution in [1.82, 2.24) is 9.78 Å². The van der Waals surface area contributed by atoms with Gasteiger partial charge in [0.05, 0.1) is 12.2 Å². The Kier molecular flexibility index (Phi) is 4.12. The number of rotatable bonds is 5. The van der Waals surface area contributed by atoms with Gasteiger partial charge in [-0.15, -0.1) is 11.3 Å². The van der Waals surface area contributed by atoms with Crippen molar-refractivity contribution in [2.24, 2.45) is 5.73 Å². The average Bonchev–Trinajstić information content (AvgIpc) is 3.08. The van der Waals surface area contributed by atoms with E-state index in [1.807, 2.05) is 41.9 Å². The van der Waals surface area contributed by atoms with Gasteiger partial charge in [-0.25, -0.2) is 4.79 Å². The molecule has 2 N–H and O–H groups in total. The van der Waals surface area contributed by atoms with Gasteiger partial charge in [0.2, 0.25) is 0 Å². The molecule has 0 bridgehead atoms. The van der Waals surface area contributed by atoms with Crippen molar-refractivity contribution < 1.29 is 14.3 Å². The summed E-state index contributed by atoms with van der Waals surface area (Å²) in [6.07, 6.45) is 0. The van der Waals surface area contributed by atoms with Crippen LogP contribution in [0.25, 0.3) is 10.2 Å². The summed E-state index contributed by atoms with van der Waals surface area (Å²) in [5.74, 6) is -1.22. The Labute approximate surface area is 136 Å². The highest BCUT2D eigenvalue weighted by Gasteiger charge is 2.17. The predicted octanol–water partition coefficient (Wildman–Crippen LogP) is 2.10. The number of nitrogens with zero attached hydrogens (tertiary/aromatic N) is 2. The van der Waals surface area contributed by atoms with Crippen LogP contribution < -0.4 is 5.73 Å². The molecule has 0 saturated carbocycles. The van der Waals surface area contributed by atoms with E-state index in [1.54, 1.807) is 6.07 Å². The molecule has 0 fully saturated rings. The molecule has 0 atom stereocenters. The van der Waals surface area contributed by atoms with Crippen LogP contribution in [0.1, 0.15) is 20.9 Å². The van der Waals surface area contributed by atoms with Crippen molar-refractivity contribution in [1.29, 1.82) is 0 Å². The molecule has 0 aliphatic heterocycles. The molecule has 3 rings (SSSR count). The molecule has 6 nitrogen and oxygen atoms in total. The Bertz CT molecular complexity index is 867. The van der Waals surface area contributed by atoms with Gasteiger partial charge in [0.1, 0.15) is 9.71 Å². The van der Waals surface area contributed by atoms with Crippen molar-refractivity contribution >= 4 is 33.4 Å². The number of fused-ring (bicyclic) bond motifs is 1. The van der Waals surface area contributed by atoms with Gasteiger partial charge in [0.15, 0.2) is 6.61 Å². The summed E-state index contributed by atoms with van der Waals surface area (Å²) in [6.45, 7) is 2.11. The van der Waals surface area contributed by atoms with Crippen LogP contribution in [0, 0.1) is 6.92 Å². The van der Waals surface area contributed by atoms with E-state index in [1.165, 1.54) is 11.3 Å². The van der Waals surface area contributed by atoms with Gasteiger partial charge in [-0.3, -0.25) is 9.48 Å². The first-order valence-corrected chi connectivity index (χ1v) is 7.82. The first-order chi connectivity index (χ1) is 11.0. The molecule has 0 saturated heterocycles. The van der Waals surface area contributed by atoms with Gasteiger partial charge < -0.3 is 10.5 Å². The second-order valence-corrected chi connectivity index (χ2v) is 6.13. The van der Waals surface area contributed by atoms with Crippen molar-refractivity contribution in [3.63, 3.8) is 0 Å². The lowest BCUT2D eigenvalue weighted by molar-refractivity contribution is -0.121. The Morgan fingerprint density at radius 1 is 1.30 bits per heavy atom. The second-order valence-electron chi connectivity index (χ2n) is 5.10. The Balaban J connectivity index is 1.89. The van der Waals surface area contributed by atoms with E-state index in [4.69, 9.17) is 10.5 Å². The van der Waals surface area contributed by atoms with Crippen molar-refractivity contribution in [2.75, 3.05) is 6.61 Å². The Morgan fingerprint density at radius 3 is 2.74 bits per heavy atom. The first kappa shape index (κ1) is 15.2. The number of esters is 1. The molecule has 2 heterocycles. The number of nitrogens with two attached hydrogens (primary N) is 1. The number of ether oxygens (including phenoxy) is 1. The van der Waals surface area contributed by atoms with Gasteiger partial charge in [0, 0.05) is 5.39 Å². The lowest BCUT2D eigenvalue weighted by atomic mass is 10.2. The standard InChI is InChI=1S/C16H15N3O3S/c1-10-12-7-13(16(21)22-9-14(17)20)23-15(12)19(18-10)8-11-5-3-2-4-6-11/h2-7H,8-9H2,1H3,(H2,17,20). The third-order valence-electron chi connectivity index (χ3n) is 3.33. The summed E-state index contributed by atoms with van der Waals surface area (Å²) in [5, 5.41) is 5.43. The number of carbonyl (C=O) groups excluding carboxylic acids is 2. The average molecular weight is 329 g/mol. The molecule has 0 spiro atoms. The number of amides is 1. The maximum absolute atomic E-state index is 11.9. The van der Waals surface area contributed by atoms with Crippen LogP contribution in [0.4, 0.5) is 0 Å². The summed E-state index contributed by atoms with van der Waals surface area (Å²) in [6, 6.07) is 11.7. The van der Waals surface area contributed by atoms with Gasteiger partial charge in [-0.1, -0.05) is 30.3 Å². The van der Waals surface area contributed by atoms with Crippen LogP contribution in [0.15, 0.2) is 36.4 Å². The zero-order valence-corrected chi connectivity index (χ0v) is 13.3. The molecule has 0 unspecified atom stereocenters. The summed E-state index contributed by atoms with van der Waals surface area (Å²) < 4.78 is 6.72. The van der Waals surface area contributed by atoms with E-state index in [0.29, 0.717) is 11.4 Å². The zero-order chi connectivity index (χ0) is 16.4. The van der Waals surface area contributed by atoms with Crippen LogP contribution in [0.5, 0.6) is 0 Å². The van der Waals surface area contributed by atoms with Crippen LogP contribution in [-0.4, -0.2) is 28.3 Å². The number of hydrogen-bond donors (Lipinski definition) is 1. The van der Waals surface area contributed by atoms with Gasteiger partial charge in [-0.05, 0) is 18.6 Å². The minimum atomic E-state index is -0.675. The SMILES string of the molecule is Cc1nn(Cc2ccccc2)c2sc(C(=O)OCC(N)=O)cc12. The van der Waals surface area contributed by atoms with Gasteiger partial charge in [-0.2, -0.15) is 5.10 Å². The molecule has 3 aromatic rings. The van der Waals surface area contributed by atoms with Gasteiger partial charge in [0.25, 0.3) is 5.91 Å². The molecule has 1 aromatic carbocycles. The third kappa shape index (κ3) is 3.24. The Morgan fingerprint density at radius 2 is 2.04 bits per heavy atom. The smallest absolute Gasteiger partial charge is 0.348 e. The normalized spacial score (nSPS) is 10.8. The van der Waals surface area contributed by atoms with Crippen LogP contribution >= 0.6 is 11.3 Å². The van der Waals surface area contributed by atoms with Crippen LogP contribution in [0.2, 0.25) is 0 Å². The second kappa shape index (κ2) is 6.21. The highest BCUT2D eigenvalue weighted by atomic mass is 32.1. The zero-order valence-electron chi connectivity index (χ0n) is 12.5. The van der Waals surface area contributed by atoms with E-state index in [0.717, 1.165) is 21.5 Å². The first-order valence-electron chi connectivity index (χ1n) is 7.01. The fourth-order valence-electron chi connectivity index (χ4n) is 2.28. The lowest BCUT2D eigenvalue weighted by Crippen LogP contribution is -2.20. The molecule has 1 amide bonds.